The van der Waals surface area contributed by atoms with Gasteiger partial charge in [-0.05, 0) is 24.5 Å². The highest BCUT2D eigenvalue weighted by atomic mass is 16.3. The van der Waals surface area contributed by atoms with Gasteiger partial charge in [0, 0.05) is 25.3 Å². The maximum Gasteiger partial charge on any atom is 0.244 e. The average molecular weight is 274 g/mol. The summed E-state index contributed by atoms with van der Waals surface area (Å²) in [6.07, 6.45) is 3.62. The first kappa shape index (κ1) is 14.3. The Morgan fingerprint density at radius 2 is 2.30 bits per heavy atom. The molecule has 1 atom stereocenters. The Morgan fingerprint density at radius 3 is 3.05 bits per heavy atom. The lowest BCUT2D eigenvalue weighted by Gasteiger charge is -2.09. The van der Waals surface area contributed by atoms with E-state index in [2.05, 4.69) is 10.3 Å². The van der Waals surface area contributed by atoms with Crippen molar-refractivity contribution in [2.45, 2.75) is 13.3 Å². The highest BCUT2D eigenvalue weighted by molar-refractivity contribution is 5.91. The van der Waals surface area contributed by atoms with Crippen LogP contribution in [0.1, 0.15) is 19.2 Å². The van der Waals surface area contributed by atoms with Crippen LogP contribution in [0, 0.1) is 5.92 Å². The Morgan fingerprint density at radius 1 is 1.50 bits per heavy atom. The van der Waals surface area contributed by atoms with Crippen LogP contribution in [0.4, 0.5) is 0 Å². The first-order chi connectivity index (χ1) is 9.69. The minimum absolute atomic E-state index is 0.135. The van der Waals surface area contributed by atoms with Gasteiger partial charge in [-0.25, -0.2) is 4.98 Å². The van der Waals surface area contributed by atoms with Crippen LogP contribution in [-0.4, -0.2) is 29.1 Å². The fourth-order valence-electron chi connectivity index (χ4n) is 1.76. The molecular formula is C15H18N2O3. The van der Waals surface area contributed by atoms with Crippen molar-refractivity contribution in [2.24, 2.45) is 5.92 Å². The third-order valence-corrected chi connectivity index (χ3v) is 2.93. The smallest absolute Gasteiger partial charge is 0.244 e. The number of rotatable bonds is 6. The molecule has 0 aliphatic heterocycles. The molecule has 0 aliphatic rings. The monoisotopic (exact) mass is 274 g/mol. The van der Waals surface area contributed by atoms with E-state index in [0.29, 0.717) is 24.4 Å². The third kappa shape index (κ3) is 3.93. The molecule has 2 N–H and O–H groups in total. The summed E-state index contributed by atoms with van der Waals surface area (Å²) in [6.45, 7) is 2.65. The number of hydrogen-bond donors (Lipinski definition) is 2. The SMILES string of the molecule is CC(CCO)CNC(=O)C=Cc1nc2ccccc2o1. The number of oxazole rings is 1. The van der Waals surface area contributed by atoms with Crippen molar-refractivity contribution in [1.82, 2.24) is 10.3 Å². The van der Waals surface area contributed by atoms with E-state index >= 15 is 0 Å². The largest absolute Gasteiger partial charge is 0.437 e. The van der Waals surface area contributed by atoms with E-state index in [9.17, 15) is 4.79 Å². The predicted octanol–water partition coefficient (Wildman–Crippen LogP) is 1.98. The van der Waals surface area contributed by atoms with Crippen LogP contribution in [-0.2, 0) is 4.79 Å². The second-order valence-electron chi connectivity index (χ2n) is 4.72. The van der Waals surface area contributed by atoms with Crippen LogP contribution in [0.15, 0.2) is 34.8 Å². The summed E-state index contributed by atoms with van der Waals surface area (Å²) >= 11 is 0. The van der Waals surface area contributed by atoms with E-state index in [1.54, 1.807) is 6.08 Å². The van der Waals surface area contributed by atoms with Crippen LogP contribution in [0.25, 0.3) is 17.2 Å². The normalized spacial score (nSPS) is 12.9. The summed E-state index contributed by atoms with van der Waals surface area (Å²) in [5.74, 6) is 0.462. The molecule has 0 bridgehead atoms. The Balaban J connectivity index is 1.90. The van der Waals surface area contributed by atoms with E-state index in [-0.39, 0.29) is 18.4 Å². The fraction of sp³-hybridized carbons (Fsp3) is 0.333. The lowest BCUT2D eigenvalue weighted by atomic mass is 10.1. The first-order valence-electron chi connectivity index (χ1n) is 6.61. The average Bonchev–Trinajstić information content (AvgIpc) is 2.86. The zero-order chi connectivity index (χ0) is 14.4. The zero-order valence-corrected chi connectivity index (χ0v) is 11.4. The lowest BCUT2D eigenvalue weighted by molar-refractivity contribution is -0.116. The van der Waals surface area contributed by atoms with Gasteiger partial charge in [-0.15, -0.1) is 0 Å². The number of nitrogens with one attached hydrogen (secondary N) is 1. The van der Waals surface area contributed by atoms with Crippen molar-refractivity contribution in [3.63, 3.8) is 0 Å². The van der Waals surface area contributed by atoms with Crippen LogP contribution in [0.2, 0.25) is 0 Å². The second kappa shape index (κ2) is 6.86. The van der Waals surface area contributed by atoms with Crippen molar-refractivity contribution >= 4 is 23.1 Å². The van der Waals surface area contributed by atoms with E-state index in [4.69, 9.17) is 9.52 Å². The molecule has 5 heteroatoms. The van der Waals surface area contributed by atoms with Gasteiger partial charge >= 0.3 is 0 Å². The van der Waals surface area contributed by atoms with Gasteiger partial charge < -0.3 is 14.8 Å². The van der Waals surface area contributed by atoms with Crippen molar-refractivity contribution in [2.75, 3.05) is 13.2 Å². The lowest BCUT2D eigenvalue weighted by Crippen LogP contribution is -2.26. The molecule has 0 saturated carbocycles. The number of aliphatic hydroxyl groups is 1. The molecule has 1 amide bonds. The minimum atomic E-state index is -0.197. The number of fused-ring (bicyclic) bond motifs is 1. The molecule has 1 unspecified atom stereocenters. The van der Waals surface area contributed by atoms with Gasteiger partial charge in [0.05, 0.1) is 0 Å². The van der Waals surface area contributed by atoms with Gasteiger partial charge in [0.1, 0.15) is 5.52 Å². The number of aliphatic hydroxyl groups excluding tert-OH is 1. The molecule has 106 valence electrons. The maximum atomic E-state index is 11.6. The Kier molecular flexibility index (Phi) is 4.90. The molecule has 0 radical (unpaired) electrons. The van der Waals surface area contributed by atoms with E-state index in [1.807, 2.05) is 31.2 Å². The van der Waals surface area contributed by atoms with E-state index < -0.39 is 0 Å². The number of carbonyl (C=O) groups is 1. The molecule has 2 aromatic rings. The highest BCUT2D eigenvalue weighted by Gasteiger charge is 2.04. The fourth-order valence-corrected chi connectivity index (χ4v) is 1.76. The van der Waals surface area contributed by atoms with E-state index in [1.165, 1.54) is 6.08 Å². The standard InChI is InChI=1S/C15H18N2O3/c1-11(8-9-18)10-16-14(19)6-7-15-17-12-4-2-3-5-13(12)20-15/h2-7,11,18H,8-10H2,1H3,(H,16,19). The Hall–Kier alpha value is -2.14. The van der Waals surface area contributed by atoms with Crippen LogP contribution >= 0.6 is 0 Å². The molecule has 0 spiro atoms. The summed E-state index contributed by atoms with van der Waals surface area (Å²) in [5, 5.41) is 11.5. The Bertz CT molecular complexity index is 571. The molecule has 20 heavy (non-hydrogen) atoms. The third-order valence-electron chi connectivity index (χ3n) is 2.93. The number of aromatic nitrogens is 1. The number of nitrogens with zero attached hydrogens (tertiary/aromatic N) is 1. The second-order valence-corrected chi connectivity index (χ2v) is 4.72. The number of para-hydroxylation sites is 2. The number of hydrogen-bond acceptors (Lipinski definition) is 4. The number of carbonyl (C=O) groups excluding carboxylic acids is 1. The molecule has 2 rings (SSSR count). The quantitative estimate of drug-likeness (QED) is 0.790. The highest BCUT2D eigenvalue weighted by Crippen LogP contribution is 2.15. The topological polar surface area (TPSA) is 75.4 Å². The van der Waals surface area contributed by atoms with Crippen LogP contribution in [0.3, 0.4) is 0 Å². The predicted molar refractivity (Wildman–Crippen MR) is 76.9 cm³/mol. The molecule has 1 aromatic heterocycles. The summed E-state index contributed by atoms with van der Waals surface area (Å²) in [4.78, 5) is 15.9. The number of amides is 1. The molecule has 0 saturated heterocycles. The maximum absolute atomic E-state index is 11.6. The molecule has 1 heterocycles. The van der Waals surface area contributed by atoms with E-state index in [0.717, 1.165) is 5.52 Å². The van der Waals surface area contributed by atoms with Crippen LogP contribution in [0.5, 0.6) is 0 Å². The molecule has 0 fully saturated rings. The van der Waals surface area contributed by atoms with Gasteiger partial charge in [0.2, 0.25) is 11.8 Å². The molecule has 0 aliphatic carbocycles. The first-order valence-corrected chi connectivity index (χ1v) is 6.61. The Labute approximate surface area is 117 Å². The molecular weight excluding hydrogens is 256 g/mol. The van der Waals surface area contributed by atoms with Crippen molar-refractivity contribution in [3.05, 3.63) is 36.2 Å². The number of benzene rings is 1. The zero-order valence-electron chi connectivity index (χ0n) is 11.4. The van der Waals surface area contributed by atoms with Crippen LogP contribution < -0.4 is 5.32 Å². The van der Waals surface area contributed by atoms with Gasteiger partial charge in [-0.2, -0.15) is 0 Å². The van der Waals surface area contributed by atoms with Gasteiger partial charge in [-0.3, -0.25) is 4.79 Å². The summed E-state index contributed by atoms with van der Waals surface area (Å²) in [6, 6.07) is 7.44. The van der Waals surface area contributed by atoms with Gasteiger partial charge in [0.15, 0.2) is 5.58 Å². The summed E-state index contributed by atoms with van der Waals surface area (Å²) in [7, 11) is 0. The van der Waals surface area contributed by atoms with Gasteiger partial charge in [0.25, 0.3) is 0 Å². The molecule has 1 aromatic carbocycles. The van der Waals surface area contributed by atoms with Crippen molar-refractivity contribution in [1.29, 1.82) is 0 Å². The van der Waals surface area contributed by atoms with Crippen molar-refractivity contribution in [3.8, 4) is 0 Å². The summed E-state index contributed by atoms with van der Waals surface area (Å²) < 4.78 is 5.47. The minimum Gasteiger partial charge on any atom is -0.437 e. The summed E-state index contributed by atoms with van der Waals surface area (Å²) in [5.41, 5.74) is 1.47. The van der Waals surface area contributed by atoms with Gasteiger partial charge in [-0.1, -0.05) is 19.1 Å². The van der Waals surface area contributed by atoms with Crippen molar-refractivity contribution < 1.29 is 14.3 Å². The molecule has 5 nitrogen and oxygen atoms in total.